The quantitative estimate of drug-likeness (QED) is 0.172. The Morgan fingerprint density at radius 3 is 2.00 bits per heavy atom. The standard InChI is InChI=1S/C45H30N4S/c1-4-13-29(14-5-1)32-23-24-35-37-25-26-38-36-21-10-11-22-40(36)50-42(38)41(37)47(39(35)28-32)34-20-12-19-33(27-34)44-46-43(30-15-6-2-7-16-30)48-45(49(44)48)31-17-8-3-9-18-31/h1-28,43,45H. The lowest BCUT2D eigenvalue weighted by Crippen LogP contribution is -2.12. The molecule has 4 nitrogen and oxygen atoms in total. The smallest absolute Gasteiger partial charge is 0.150 e. The molecule has 1 fully saturated rings. The molecule has 9 aromatic rings. The van der Waals surface area contributed by atoms with Gasteiger partial charge in [-0.15, -0.1) is 11.3 Å². The van der Waals surface area contributed by atoms with E-state index in [1.165, 1.54) is 64.2 Å². The highest BCUT2D eigenvalue weighted by atomic mass is 32.1. The van der Waals surface area contributed by atoms with Gasteiger partial charge in [0.1, 0.15) is 18.2 Å². The third kappa shape index (κ3) is 4.11. The first-order chi connectivity index (χ1) is 24.8. The Kier molecular flexibility index (Phi) is 5.99. The largest absolute Gasteiger partial charge is 0.308 e. The minimum absolute atomic E-state index is 0.0695. The SMILES string of the molecule is c1ccc(-c2ccc3c4ccc5c6ccccc6sc5c4n(-c4cccc(C5=NC(c6ccccc6)N6C(c7ccccc7)N56)c4)c3c2)cc1. The Hall–Kier alpha value is -6.01. The minimum atomic E-state index is -0.0695. The molecule has 4 heterocycles. The van der Waals surface area contributed by atoms with Crippen LogP contribution in [0.2, 0.25) is 0 Å². The molecule has 236 valence electrons. The molecular formula is C45H30N4S. The first-order valence-corrected chi connectivity index (χ1v) is 17.9. The molecule has 0 radical (unpaired) electrons. The molecule has 0 bridgehead atoms. The van der Waals surface area contributed by atoms with Gasteiger partial charge in [-0.1, -0.05) is 146 Å². The minimum Gasteiger partial charge on any atom is -0.308 e. The van der Waals surface area contributed by atoms with Gasteiger partial charge in [-0.25, -0.2) is 4.99 Å². The molecule has 0 spiro atoms. The van der Waals surface area contributed by atoms with E-state index in [9.17, 15) is 0 Å². The number of thiophene rings is 1. The lowest BCUT2D eigenvalue weighted by molar-refractivity contribution is 0.341. The fourth-order valence-electron chi connectivity index (χ4n) is 8.02. The molecule has 50 heavy (non-hydrogen) atoms. The fraction of sp³-hybridized carbons (Fsp3) is 0.0444. The Balaban J connectivity index is 1.14. The van der Waals surface area contributed by atoms with E-state index < -0.39 is 0 Å². The van der Waals surface area contributed by atoms with E-state index in [-0.39, 0.29) is 12.3 Å². The van der Waals surface area contributed by atoms with Crippen LogP contribution >= 0.6 is 11.3 Å². The van der Waals surface area contributed by atoms with Crippen LogP contribution in [0.4, 0.5) is 0 Å². The van der Waals surface area contributed by atoms with E-state index in [2.05, 4.69) is 184 Å². The zero-order chi connectivity index (χ0) is 32.8. The van der Waals surface area contributed by atoms with E-state index >= 15 is 0 Å². The highest BCUT2D eigenvalue weighted by molar-refractivity contribution is 7.26. The van der Waals surface area contributed by atoms with Gasteiger partial charge in [0, 0.05) is 37.5 Å². The van der Waals surface area contributed by atoms with Crippen molar-refractivity contribution < 1.29 is 0 Å². The second-order valence-corrected chi connectivity index (χ2v) is 14.2. The third-order valence-corrected chi connectivity index (χ3v) is 11.5. The van der Waals surface area contributed by atoms with Gasteiger partial charge in [-0.3, -0.25) is 5.01 Å². The van der Waals surface area contributed by atoms with Gasteiger partial charge in [0.15, 0.2) is 0 Å². The van der Waals surface area contributed by atoms with E-state index in [0.717, 1.165) is 17.1 Å². The monoisotopic (exact) mass is 658 g/mol. The van der Waals surface area contributed by atoms with Crippen molar-refractivity contribution in [3.05, 3.63) is 187 Å². The van der Waals surface area contributed by atoms with Gasteiger partial charge in [0.05, 0.1) is 15.7 Å². The first-order valence-electron chi connectivity index (χ1n) is 17.1. The zero-order valence-electron chi connectivity index (χ0n) is 27.0. The molecule has 0 aliphatic carbocycles. The summed E-state index contributed by atoms with van der Waals surface area (Å²) in [7, 11) is 0. The summed E-state index contributed by atoms with van der Waals surface area (Å²) in [5.41, 5.74) is 9.61. The van der Waals surface area contributed by atoms with E-state index in [1.807, 2.05) is 11.3 Å². The van der Waals surface area contributed by atoms with Crippen molar-refractivity contribution in [2.75, 3.05) is 0 Å². The van der Waals surface area contributed by atoms with Crippen LogP contribution < -0.4 is 0 Å². The number of hydrazine groups is 1. The number of hydrogen-bond acceptors (Lipinski definition) is 4. The summed E-state index contributed by atoms with van der Waals surface area (Å²) in [5.74, 6) is 1.01. The molecule has 0 N–H and O–H groups in total. The van der Waals surface area contributed by atoms with Crippen LogP contribution in [0.3, 0.4) is 0 Å². The van der Waals surface area contributed by atoms with Crippen molar-refractivity contribution in [1.29, 1.82) is 0 Å². The predicted molar refractivity (Wildman–Crippen MR) is 208 cm³/mol. The molecule has 2 aliphatic heterocycles. The maximum Gasteiger partial charge on any atom is 0.150 e. The van der Waals surface area contributed by atoms with Crippen LogP contribution in [0.25, 0.3) is 58.8 Å². The molecule has 3 atom stereocenters. The maximum absolute atomic E-state index is 5.38. The predicted octanol–water partition coefficient (Wildman–Crippen LogP) is 11.5. The average Bonchev–Trinajstić information content (AvgIpc) is 3.44. The van der Waals surface area contributed by atoms with Crippen LogP contribution in [0, 0.1) is 0 Å². The van der Waals surface area contributed by atoms with Crippen molar-refractivity contribution in [3.63, 3.8) is 0 Å². The number of fused-ring (bicyclic) bond motifs is 8. The summed E-state index contributed by atoms with van der Waals surface area (Å²) in [6, 6.07) is 61.5. The van der Waals surface area contributed by atoms with Crippen LogP contribution in [-0.2, 0) is 0 Å². The van der Waals surface area contributed by atoms with Gasteiger partial charge in [-0.05, 0) is 46.5 Å². The van der Waals surface area contributed by atoms with Crippen LogP contribution in [0.5, 0.6) is 0 Å². The van der Waals surface area contributed by atoms with Gasteiger partial charge in [0.2, 0.25) is 0 Å². The Morgan fingerprint density at radius 1 is 0.500 bits per heavy atom. The van der Waals surface area contributed by atoms with Gasteiger partial charge in [0.25, 0.3) is 0 Å². The van der Waals surface area contributed by atoms with Crippen LogP contribution in [-0.4, -0.2) is 20.4 Å². The number of aliphatic imine (C=N–C) groups is 1. The van der Waals surface area contributed by atoms with Crippen molar-refractivity contribution >= 4 is 59.2 Å². The molecule has 0 saturated carbocycles. The number of rotatable bonds is 5. The molecule has 3 unspecified atom stereocenters. The lowest BCUT2D eigenvalue weighted by Gasteiger charge is -2.13. The third-order valence-electron chi connectivity index (χ3n) is 10.3. The van der Waals surface area contributed by atoms with E-state index in [4.69, 9.17) is 4.99 Å². The van der Waals surface area contributed by atoms with Crippen molar-refractivity contribution in [2.24, 2.45) is 4.99 Å². The number of benzene rings is 7. The summed E-state index contributed by atoms with van der Waals surface area (Å²) < 4.78 is 5.12. The van der Waals surface area contributed by atoms with Gasteiger partial charge >= 0.3 is 0 Å². The highest BCUT2D eigenvalue weighted by Crippen LogP contribution is 2.54. The number of aromatic nitrogens is 1. The normalized spacial score (nSPS) is 18.3. The maximum atomic E-state index is 5.38. The summed E-state index contributed by atoms with van der Waals surface area (Å²) in [5, 5.41) is 9.92. The van der Waals surface area contributed by atoms with Crippen molar-refractivity contribution in [3.8, 4) is 16.8 Å². The molecule has 2 aromatic heterocycles. The molecule has 0 amide bonds. The average molecular weight is 659 g/mol. The lowest BCUT2D eigenvalue weighted by atomic mass is 10.0. The number of amidine groups is 1. The van der Waals surface area contributed by atoms with Crippen LogP contribution in [0.1, 0.15) is 29.0 Å². The molecule has 11 rings (SSSR count). The van der Waals surface area contributed by atoms with Gasteiger partial charge in [-0.2, -0.15) is 5.01 Å². The second-order valence-electron chi connectivity index (χ2n) is 13.2. The second kappa shape index (κ2) is 10.7. The summed E-state index contributed by atoms with van der Waals surface area (Å²) >= 11 is 1.89. The molecule has 7 aromatic carbocycles. The summed E-state index contributed by atoms with van der Waals surface area (Å²) in [6.45, 7) is 0. The molecule has 1 saturated heterocycles. The van der Waals surface area contributed by atoms with Gasteiger partial charge < -0.3 is 4.57 Å². The zero-order valence-corrected chi connectivity index (χ0v) is 27.8. The fourth-order valence-corrected chi connectivity index (χ4v) is 9.26. The molecule has 2 aliphatic rings. The first kappa shape index (κ1) is 27.9. The number of hydrogen-bond donors (Lipinski definition) is 0. The Labute approximate surface area is 293 Å². The van der Waals surface area contributed by atoms with Crippen molar-refractivity contribution in [1.82, 2.24) is 14.6 Å². The van der Waals surface area contributed by atoms with E-state index in [1.54, 1.807) is 0 Å². The molecular weight excluding hydrogens is 629 g/mol. The van der Waals surface area contributed by atoms with Crippen molar-refractivity contribution in [2.45, 2.75) is 12.3 Å². The highest BCUT2D eigenvalue weighted by Gasteiger charge is 2.57. The molecule has 5 heteroatoms. The Morgan fingerprint density at radius 2 is 1.18 bits per heavy atom. The van der Waals surface area contributed by atoms with Crippen LogP contribution in [0.15, 0.2) is 175 Å². The topological polar surface area (TPSA) is 23.3 Å². The summed E-state index contributed by atoms with van der Waals surface area (Å²) in [6.07, 6.45) is 0.0808. The Bertz CT molecular complexity index is 2780. The number of nitrogens with zero attached hydrogens (tertiary/aromatic N) is 4. The van der Waals surface area contributed by atoms with E-state index in [0.29, 0.717) is 0 Å². The summed E-state index contributed by atoms with van der Waals surface area (Å²) in [4.78, 5) is 5.38.